The van der Waals surface area contributed by atoms with Crippen molar-refractivity contribution in [1.82, 2.24) is 4.90 Å². The fraction of sp³-hybridized carbons (Fsp3) is 0.280. The first-order valence-electron chi connectivity index (χ1n) is 10.5. The lowest BCUT2D eigenvalue weighted by Crippen LogP contribution is -2.36. The van der Waals surface area contributed by atoms with Crippen LogP contribution in [0.4, 0.5) is 4.39 Å². The fourth-order valence-electron chi connectivity index (χ4n) is 4.41. The van der Waals surface area contributed by atoms with Gasteiger partial charge in [0.05, 0.1) is 29.7 Å². The first kappa shape index (κ1) is 22.7. The smallest absolute Gasteiger partial charge is 0.180 e. The van der Waals surface area contributed by atoms with Crippen LogP contribution in [0.15, 0.2) is 59.1 Å². The Morgan fingerprint density at radius 3 is 2.76 bits per heavy atom. The van der Waals surface area contributed by atoms with Crippen molar-refractivity contribution in [2.45, 2.75) is 31.8 Å². The Hall–Kier alpha value is -3.50. The van der Waals surface area contributed by atoms with Gasteiger partial charge in [0.2, 0.25) is 0 Å². The molecule has 2 aliphatic rings. The summed E-state index contributed by atoms with van der Waals surface area (Å²) in [4.78, 5) is 14.7. The number of allylic oxidation sites excluding steroid dienone is 3. The normalized spacial score (nSPS) is 18.2. The molecule has 1 aliphatic carbocycles. The van der Waals surface area contributed by atoms with Crippen LogP contribution in [-0.2, 0) is 11.4 Å². The molecule has 0 aromatic heterocycles. The standard InChI is InChI=1S/C25H23ClFN3O3/c1-30-19-8-5-9-20(31)23(19)22(16(12-28)25(30)29)15-10-17(26)24(21(11-15)32-2)33-13-14-6-3-4-7-18(14)27/h3-4,6-7,10-11,22H,5,8-9,13,29H2,1-2H3/t22-/m1/s1. The molecule has 0 bridgehead atoms. The molecule has 0 fully saturated rings. The number of carbonyl (C=O) groups excluding carboxylic acids is 1. The highest BCUT2D eigenvalue weighted by atomic mass is 35.5. The highest BCUT2D eigenvalue weighted by Gasteiger charge is 2.39. The highest BCUT2D eigenvalue weighted by molar-refractivity contribution is 6.32. The summed E-state index contributed by atoms with van der Waals surface area (Å²) in [6.07, 6.45) is 1.84. The zero-order valence-corrected chi connectivity index (χ0v) is 19.1. The summed E-state index contributed by atoms with van der Waals surface area (Å²) in [6, 6.07) is 11.8. The van der Waals surface area contributed by atoms with E-state index in [0.717, 1.165) is 12.1 Å². The van der Waals surface area contributed by atoms with Gasteiger partial charge in [-0.2, -0.15) is 5.26 Å². The van der Waals surface area contributed by atoms with Crippen molar-refractivity contribution in [2.75, 3.05) is 14.2 Å². The van der Waals surface area contributed by atoms with E-state index in [4.69, 9.17) is 26.8 Å². The van der Waals surface area contributed by atoms with Gasteiger partial charge in [-0.25, -0.2) is 4.39 Å². The van der Waals surface area contributed by atoms with E-state index in [1.54, 1.807) is 42.3 Å². The van der Waals surface area contributed by atoms with Crippen LogP contribution in [0.5, 0.6) is 11.5 Å². The van der Waals surface area contributed by atoms with Gasteiger partial charge in [-0.3, -0.25) is 4.79 Å². The summed E-state index contributed by atoms with van der Waals surface area (Å²) in [7, 11) is 3.23. The summed E-state index contributed by atoms with van der Waals surface area (Å²) in [5.74, 6) is -0.173. The molecule has 0 saturated carbocycles. The predicted octanol–water partition coefficient (Wildman–Crippen LogP) is 4.80. The molecule has 0 unspecified atom stereocenters. The zero-order valence-electron chi connectivity index (χ0n) is 18.3. The van der Waals surface area contributed by atoms with E-state index >= 15 is 0 Å². The molecule has 0 amide bonds. The van der Waals surface area contributed by atoms with E-state index in [-0.39, 0.29) is 34.6 Å². The third-order valence-electron chi connectivity index (χ3n) is 6.08. The minimum Gasteiger partial charge on any atom is -0.493 e. The fourth-order valence-corrected chi connectivity index (χ4v) is 4.68. The summed E-state index contributed by atoms with van der Waals surface area (Å²) in [5, 5.41) is 10.1. The maximum Gasteiger partial charge on any atom is 0.180 e. The van der Waals surface area contributed by atoms with Gasteiger partial charge in [0.15, 0.2) is 17.3 Å². The molecule has 1 heterocycles. The SMILES string of the molecule is COc1cc([C@@H]2C(C#N)=C(N)N(C)C3=C2C(=O)CCC3)cc(Cl)c1OCc1ccccc1F. The number of ketones is 1. The Morgan fingerprint density at radius 1 is 1.30 bits per heavy atom. The van der Waals surface area contributed by atoms with Crippen LogP contribution in [0.1, 0.15) is 36.3 Å². The van der Waals surface area contributed by atoms with Crippen LogP contribution in [0.25, 0.3) is 0 Å². The highest BCUT2D eigenvalue weighted by Crippen LogP contribution is 2.47. The molecule has 6 nitrogen and oxygen atoms in total. The number of carbonyl (C=O) groups is 1. The Balaban J connectivity index is 1.77. The van der Waals surface area contributed by atoms with Crippen molar-refractivity contribution in [3.8, 4) is 17.6 Å². The van der Waals surface area contributed by atoms with Gasteiger partial charge in [0.1, 0.15) is 18.2 Å². The lowest BCUT2D eigenvalue weighted by atomic mass is 9.76. The number of nitrogens with zero attached hydrogens (tertiary/aromatic N) is 2. The molecular weight excluding hydrogens is 445 g/mol. The maximum atomic E-state index is 14.0. The van der Waals surface area contributed by atoms with Gasteiger partial charge < -0.3 is 20.1 Å². The van der Waals surface area contributed by atoms with Gasteiger partial charge in [0.25, 0.3) is 0 Å². The first-order chi connectivity index (χ1) is 15.9. The van der Waals surface area contributed by atoms with Crippen LogP contribution in [-0.4, -0.2) is 24.8 Å². The predicted molar refractivity (Wildman–Crippen MR) is 122 cm³/mol. The number of hydrogen-bond donors (Lipinski definition) is 1. The van der Waals surface area contributed by atoms with Crippen molar-refractivity contribution in [3.05, 3.63) is 81.0 Å². The van der Waals surface area contributed by atoms with Crippen molar-refractivity contribution < 1.29 is 18.7 Å². The van der Waals surface area contributed by atoms with Crippen LogP contribution in [0.2, 0.25) is 5.02 Å². The van der Waals surface area contributed by atoms with E-state index in [2.05, 4.69) is 6.07 Å². The number of benzene rings is 2. The van der Waals surface area contributed by atoms with Crippen LogP contribution < -0.4 is 15.2 Å². The second-order valence-electron chi connectivity index (χ2n) is 7.95. The first-order valence-corrected chi connectivity index (χ1v) is 10.9. The third kappa shape index (κ3) is 4.03. The Morgan fingerprint density at radius 2 is 2.06 bits per heavy atom. The van der Waals surface area contributed by atoms with Crippen molar-refractivity contribution in [3.63, 3.8) is 0 Å². The van der Waals surface area contributed by atoms with Gasteiger partial charge >= 0.3 is 0 Å². The number of hydrogen-bond acceptors (Lipinski definition) is 6. The summed E-state index contributed by atoms with van der Waals surface area (Å²) in [6.45, 7) is -0.0413. The average Bonchev–Trinajstić information content (AvgIpc) is 2.81. The minimum absolute atomic E-state index is 0.0108. The Kier molecular flexibility index (Phi) is 6.30. The summed E-state index contributed by atoms with van der Waals surface area (Å²) >= 11 is 6.57. The number of halogens is 2. The number of nitriles is 1. The van der Waals surface area contributed by atoms with E-state index in [1.165, 1.54) is 13.2 Å². The van der Waals surface area contributed by atoms with Crippen LogP contribution >= 0.6 is 11.6 Å². The minimum atomic E-state index is -0.652. The molecule has 2 N–H and O–H groups in total. The van der Waals surface area contributed by atoms with Crippen LogP contribution in [0, 0.1) is 17.1 Å². The van der Waals surface area contributed by atoms with E-state index < -0.39 is 5.92 Å². The topological polar surface area (TPSA) is 88.6 Å². The molecule has 2 aromatic carbocycles. The number of Topliss-reactive ketones (excluding diaryl/α,β-unsaturated/α-hetero) is 1. The number of ether oxygens (including phenoxy) is 2. The average molecular weight is 468 g/mol. The molecule has 170 valence electrons. The zero-order chi connectivity index (χ0) is 23.7. The lowest BCUT2D eigenvalue weighted by Gasteiger charge is -2.37. The molecule has 0 spiro atoms. The van der Waals surface area contributed by atoms with E-state index in [1.807, 2.05) is 0 Å². The summed E-state index contributed by atoms with van der Waals surface area (Å²) in [5.41, 5.74) is 8.94. The number of rotatable bonds is 5. The molecule has 1 atom stereocenters. The molecule has 2 aromatic rings. The Labute approximate surface area is 196 Å². The molecule has 8 heteroatoms. The molecular formula is C25H23ClFN3O3. The maximum absolute atomic E-state index is 14.0. The monoisotopic (exact) mass is 467 g/mol. The molecule has 33 heavy (non-hydrogen) atoms. The second kappa shape index (κ2) is 9.16. The molecule has 1 aliphatic heterocycles. The van der Waals surface area contributed by atoms with Gasteiger partial charge in [0, 0.05) is 30.3 Å². The van der Waals surface area contributed by atoms with Gasteiger partial charge in [-0.15, -0.1) is 0 Å². The third-order valence-corrected chi connectivity index (χ3v) is 6.36. The summed E-state index contributed by atoms with van der Waals surface area (Å²) < 4.78 is 25.3. The van der Waals surface area contributed by atoms with E-state index in [0.29, 0.717) is 41.1 Å². The quantitative estimate of drug-likeness (QED) is 0.679. The molecule has 0 radical (unpaired) electrons. The Bertz CT molecular complexity index is 1230. The van der Waals surface area contributed by atoms with Crippen molar-refractivity contribution >= 4 is 17.4 Å². The van der Waals surface area contributed by atoms with Gasteiger partial charge in [-0.1, -0.05) is 29.8 Å². The van der Waals surface area contributed by atoms with Gasteiger partial charge in [-0.05, 0) is 36.6 Å². The largest absolute Gasteiger partial charge is 0.493 e. The van der Waals surface area contributed by atoms with E-state index in [9.17, 15) is 14.4 Å². The van der Waals surface area contributed by atoms with Crippen molar-refractivity contribution in [1.29, 1.82) is 5.26 Å². The number of methoxy groups -OCH3 is 1. The number of nitrogens with two attached hydrogens (primary N) is 1. The van der Waals surface area contributed by atoms with Crippen molar-refractivity contribution in [2.24, 2.45) is 5.73 Å². The van der Waals surface area contributed by atoms with Crippen LogP contribution in [0.3, 0.4) is 0 Å². The molecule has 4 rings (SSSR count). The second-order valence-corrected chi connectivity index (χ2v) is 8.36. The molecule has 0 saturated heterocycles. The lowest BCUT2D eigenvalue weighted by molar-refractivity contribution is -0.116.